The van der Waals surface area contributed by atoms with Gasteiger partial charge >= 0.3 is 5.97 Å². The number of rotatable bonds is 7. The molecule has 0 radical (unpaired) electrons. The van der Waals surface area contributed by atoms with Crippen molar-refractivity contribution >= 4 is 17.4 Å². The first-order valence-corrected chi connectivity index (χ1v) is 9.45. The molecule has 0 amide bonds. The molecule has 0 unspecified atom stereocenters. The maximum absolute atomic E-state index is 12.4. The lowest BCUT2D eigenvalue weighted by Crippen LogP contribution is -2.14. The molecule has 0 N–H and O–H groups in total. The van der Waals surface area contributed by atoms with Gasteiger partial charge in [0.25, 0.3) is 5.69 Å². The molecule has 32 heavy (non-hydrogen) atoms. The Morgan fingerprint density at radius 1 is 0.844 bits per heavy atom. The zero-order valence-electron chi connectivity index (χ0n) is 16.5. The summed E-state index contributed by atoms with van der Waals surface area (Å²) in [4.78, 5) is 34.7. The predicted molar refractivity (Wildman–Crippen MR) is 113 cm³/mol. The lowest BCUT2D eigenvalue weighted by molar-refractivity contribution is -0.384. The van der Waals surface area contributed by atoms with E-state index < -0.39 is 23.3 Å². The van der Waals surface area contributed by atoms with Crippen molar-refractivity contribution in [2.24, 2.45) is 0 Å². The van der Waals surface area contributed by atoms with Gasteiger partial charge < -0.3 is 9.15 Å². The SMILES string of the molecule is O=C(COC(=O)c1cccc(-c2nnc(-c3ccccc3)o2)c1)c1ccc([N+](=O)[O-])cc1. The van der Waals surface area contributed by atoms with Crippen LogP contribution < -0.4 is 0 Å². The Bertz CT molecular complexity index is 1280. The Balaban J connectivity index is 1.43. The molecule has 0 bridgehead atoms. The van der Waals surface area contributed by atoms with Crippen LogP contribution in [0.15, 0.2) is 83.3 Å². The molecule has 1 heterocycles. The Labute approximate surface area is 181 Å². The van der Waals surface area contributed by atoms with E-state index in [0.29, 0.717) is 11.5 Å². The van der Waals surface area contributed by atoms with Crippen molar-refractivity contribution in [3.05, 3.63) is 100 Å². The van der Waals surface area contributed by atoms with Gasteiger partial charge in [-0.05, 0) is 42.5 Å². The maximum atomic E-state index is 12.4. The molecule has 3 aromatic carbocycles. The van der Waals surface area contributed by atoms with Gasteiger partial charge in [-0.3, -0.25) is 14.9 Å². The first kappa shape index (κ1) is 20.6. The van der Waals surface area contributed by atoms with Crippen molar-refractivity contribution < 1.29 is 23.7 Å². The normalized spacial score (nSPS) is 10.5. The number of esters is 1. The standard InChI is InChI=1S/C23H15N3O6/c27-20(15-9-11-19(12-10-15)26(29)30)14-31-23(28)18-8-4-7-17(13-18)22-25-24-21(32-22)16-5-2-1-3-6-16/h1-13H,14H2. The first-order chi connectivity index (χ1) is 15.5. The summed E-state index contributed by atoms with van der Waals surface area (Å²) in [7, 11) is 0. The van der Waals surface area contributed by atoms with Crippen LogP contribution in [-0.4, -0.2) is 33.5 Å². The third-order valence-electron chi connectivity index (χ3n) is 4.53. The van der Waals surface area contributed by atoms with E-state index in [1.54, 1.807) is 12.1 Å². The second-order valence-corrected chi connectivity index (χ2v) is 6.66. The summed E-state index contributed by atoms with van der Waals surface area (Å²) in [5.74, 6) is -0.596. The largest absolute Gasteiger partial charge is 0.454 e. The Morgan fingerprint density at radius 3 is 2.19 bits per heavy atom. The highest BCUT2D eigenvalue weighted by molar-refractivity contribution is 5.99. The number of carbonyl (C=O) groups is 2. The van der Waals surface area contributed by atoms with Gasteiger partial charge in [0.15, 0.2) is 12.4 Å². The van der Waals surface area contributed by atoms with Gasteiger partial charge in [-0.2, -0.15) is 0 Å². The van der Waals surface area contributed by atoms with E-state index in [4.69, 9.17) is 9.15 Å². The summed E-state index contributed by atoms with van der Waals surface area (Å²) in [6, 6.07) is 20.7. The number of non-ortho nitro benzene ring substituents is 1. The van der Waals surface area contributed by atoms with Crippen molar-refractivity contribution in [2.45, 2.75) is 0 Å². The highest BCUT2D eigenvalue weighted by atomic mass is 16.6. The van der Waals surface area contributed by atoms with Gasteiger partial charge in [-0.1, -0.05) is 24.3 Å². The van der Waals surface area contributed by atoms with E-state index in [-0.39, 0.29) is 22.7 Å². The highest BCUT2D eigenvalue weighted by Gasteiger charge is 2.16. The monoisotopic (exact) mass is 429 g/mol. The molecule has 0 aliphatic rings. The van der Waals surface area contributed by atoms with Crippen molar-refractivity contribution in [2.75, 3.05) is 6.61 Å². The zero-order chi connectivity index (χ0) is 22.5. The van der Waals surface area contributed by atoms with Crippen LogP contribution in [-0.2, 0) is 4.74 Å². The molecule has 1 aromatic heterocycles. The zero-order valence-corrected chi connectivity index (χ0v) is 16.5. The summed E-state index contributed by atoms with van der Waals surface area (Å²) < 4.78 is 10.8. The molecule has 0 fully saturated rings. The van der Waals surface area contributed by atoms with Crippen LogP contribution in [0, 0.1) is 10.1 Å². The van der Waals surface area contributed by atoms with E-state index in [2.05, 4.69) is 10.2 Å². The molecule has 4 rings (SSSR count). The van der Waals surface area contributed by atoms with Crippen LogP contribution in [0.2, 0.25) is 0 Å². The van der Waals surface area contributed by atoms with E-state index in [1.165, 1.54) is 36.4 Å². The number of ether oxygens (including phenoxy) is 1. The van der Waals surface area contributed by atoms with Gasteiger partial charge in [-0.25, -0.2) is 4.79 Å². The van der Waals surface area contributed by atoms with Crippen molar-refractivity contribution in [1.29, 1.82) is 0 Å². The fourth-order valence-corrected chi connectivity index (χ4v) is 2.88. The molecule has 0 spiro atoms. The van der Waals surface area contributed by atoms with Gasteiger partial charge in [0.1, 0.15) is 0 Å². The maximum Gasteiger partial charge on any atom is 0.338 e. The number of carbonyl (C=O) groups excluding carboxylic acids is 2. The molecule has 0 atom stereocenters. The highest BCUT2D eigenvalue weighted by Crippen LogP contribution is 2.24. The Hall–Kier alpha value is -4.66. The number of nitro groups is 1. The minimum absolute atomic E-state index is 0.133. The summed E-state index contributed by atoms with van der Waals surface area (Å²) in [6.07, 6.45) is 0. The number of nitrogens with zero attached hydrogens (tertiary/aromatic N) is 3. The Kier molecular flexibility index (Phi) is 5.80. The average Bonchev–Trinajstić information content (AvgIpc) is 3.33. The third-order valence-corrected chi connectivity index (χ3v) is 4.53. The van der Waals surface area contributed by atoms with Crippen LogP contribution in [0.3, 0.4) is 0 Å². The smallest absolute Gasteiger partial charge is 0.338 e. The minimum Gasteiger partial charge on any atom is -0.454 e. The van der Waals surface area contributed by atoms with Gasteiger partial charge in [-0.15, -0.1) is 10.2 Å². The summed E-state index contributed by atoms with van der Waals surface area (Å²) in [5.41, 5.74) is 1.57. The van der Waals surface area contributed by atoms with Gasteiger partial charge in [0.05, 0.1) is 10.5 Å². The number of benzene rings is 3. The second-order valence-electron chi connectivity index (χ2n) is 6.66. The lowest BCUT2D eigenvalue weighted by atomic mass is 10.1. The summed E-state index contributed by atoms with van der Waals surface area (Å²) >= 11 is 0. The van der Waals surface area contributed by atoms with Crippen LogP contribution in [0.25, 0.3) is 22.9 Å². The third kappa shape index (κ3) is 4.57. The molecule has 9 heteroatoms. The molecule has 4 aromatic rings. The van der Waals surface area contributed by atoms with E-state index >= 15 is 0 Å². The molecular weight excluding hydrogens is 414 g/mol. The summed E-state index contributed by atoms with van der Waals surface area (Å²) in [5, 5.41) is 18.7. The molecule has 0 saturated carbocycles. The lowest BCUT2D eigenvalue weighted by Gasteiger charge is -2.05. The number of Topliss-reactive ketones (excluding diaryl/α,β-unsaturated/α-hetero) is 1. The van der Waals surface area contributed by atoms with E-state index in [0.717, 1.165) is 5.56 Å². The number of nitro benzene ring substituents is 1. The molecule has 0 aliphatic carbocycles. The molecule has 158 valence electrons. The quantitative estimate of drug-likeness (QED) is 0.184. The van der Waals surface area contributed by atoms with Crippen LogP contribution >= 0.6 is 0 Å². The molecule has 0 saturated heterocycles. The van der Waals surface area contributed by atoms with Crippen LogP contribution in [0.1, 0.15) is 20.7 Å². The van der Waals surface area contributed by atoms with Crippen molar-refractivity contribution in [3.8, 4) is 22.9 Å². The number of ketones is 1. The fraction of sp³-hybridized carbons (Fsp3) is 0.0435. The van der Waals surface area contributed by atoms with Crippen LogP contribution in [0.5, 0.6) is 0 Å². The molecule has 9 nitrogen and oxygen atoms in total. The number of hydrogen-bond acceptors (Lipinski definition) is 8. The topological polar surface area (TPSA) is 125 Å². The van der Waals surface area contributed by atoms with E-state index in [9.17, 15) is 19.7 Å². The number of aromatic nitrogens is 2. The Morgan fingerprint density at radius 2 is 1.50 bits per heavy atom. The second kappa shape index (κ2) is 9.00. The van der Waals surface area contributed by atoms with Crippen LogP contribution in [0.4, 0.5) is 5.69 Å². The van der Waals surface area contributed by atoms with Crippen molar-refractivity contribution in [1.82, 2.24) is 10.2 Å². The predicted octanol–water partition coefficient (Wildman–Crippen LogP) is 4.35. The molecule has 0 aliphatic heterocycles. The minimum atomic E-state index is -0.704. The summed E-state index contributed by atoms with van der Waals surface area (Å²) in [6.45, 7) is -0.500. The fourth-order valence-electron chi connectivity index (χ4n) is 2.88. The number of hydrogen-bond donors (Lipinski definition) is 0. The van der Waals surface area contributed by atoms with E-state index in [1.807, 2.05) is 30.3 Å². The average molecular weight is 429 g/mol. The van der Waals surface area contributed by atoms with Crippen molar-refractivity contribution in [3.63, 3.8) is 0 Å². The van der Waals surface area contributed by atoms with Gasteiger partial charge in [0, 0.05) is 28.8 Å². The van der Waals surface area contributed by atoms with Gasteiger partial charge in [0.2, 0.25) is 11.8 Å². The molecular formula is C23H15N3O6. The first-order valence-electron chi connectivity index (χ1n) is 9.45.